The number of nitrogens with zero attached hydrogens (tertiary/aromatic N) is 1. The first kappa shape index (κ1) is 29.8. The number of H-pyrrole nitrogens is 1. The van der Waals surface area contributed by atoms with Gasteiger partial charge in [-0.25, -0.2) is 9.78 Å². The molecule has 0 fully saturated rings. The van der Waals surface area contributed by atoms with Crippen LogP contribution in [0.1, 0.15) is 32.4 Å². The van der Waals surface area contributed by atoms with E-state index in [-0.39, 0.29) is 12.3 Å². The Morgan fingerprint density at radius 2 is 1.62 bits per heavy atom. The predicted molar refractivity (Wildman–Crippen MR) is 135 cm³/mol. The molecule has 0 saturated carbocycles. The average Bonchev–Trinajstić information content (AvgIpc) is 3.30. The van der Waals surface area contributed by atoms with Crippen LogP contribution >= 0.6 is 23.5 Å². The highest BCUT2D eigenvalue weighted by molar-refractivity contribution is 7.98. The number of carbonyl (C=O) groups excluding carboxylic acids is 3. The normalized spacial score (nSPS) is 14.6. The Balaban J connectivity index is 2.88. The van der Waals surface area contributed by atoms with Crippen LogP contribution in [0.3, 0.4) is 0 Å². The van der Waals surface area contributed by atoms with Gasteiger partial charge in [0, 0.05) is 18.3 Å². The summed E-state index contributed by atoms with van der Waals surface area (Å²) >= 11 is 3.10. The Labute approximate surface area is 208 Å². The summed E-state index contributed by atoms with van der Waals surface area (Å²) < 4.78 is 0. The van der Waals surface area contributed by atoms with Gasteiger partial charge < -0.3 is 31.8 Å². The molecule has 4 atom stereocenters. The average molecular weight is 517 g/mol. The minimum absolute atomic E-state index is 0.0141. The fourth-order valence-electron chi connectivity index (χ4n) is 3.03. The summed E-state index contributed by atoms with van der Waals surface area (Å²) in [6.45, 7) is 3.48. The van der Waals surface area contributed by atoms with E-state index in [4.69, 9.17) is 5.73 Å². The number of nitrogens with two attached hydrogens (primary N) is 1. The number of carbonyl (C=O) groups is 4. The second-order valence-electron chi connectivity index (χ2n) is 8.14. The topological polar surface area (TPSA) is 179 Å². The lowest BCUT2D eigenvalue weighted by Gasteiger charge is -2.27. The van der Waals surface area contributed by atoms with Gasteiger partial charge in [-0.3, -0.25) is 14.4 Å². The summed E-state index contributed by atoms with van der Waals surface area (Å²) in [4.78, 5) is 56.7. The molecule has 0 spiro atoms. The first-order chi connectivity index (χ1) is 16.1. The van der Waals surface area contributed by atoms with Gasteiger partial charge >= 0.3 is 5.97 Å². The van der Waals surface area contributed by atoms with Crippen molar-refractivity contribution >= 4 is 47.2 Å². The molecule has 1 rings (SSSR count). The number of aliphatic carboxylic acids is 1. The third-order valence-electron chi connectivity index (χ3n) is 5.05. The van der Waals surface area contributed by atoms with Crippen molar-refractivity contribution in [1.82, 2.24) is 25.9 Å². The number of carboxylic acids is 1. The summed E-state index contributed by atoms with van der Waals surface area (Å²) in [7, 11) is 0. The summed E-state index contributed by atoms with van der Waals surface area (Å²) in [6, 6.07) is -3.79. The second kappa shape index (κ2) is 15.6. The molecule has 1 aromatic rings. The van der Waals surface area contributed by atoms with E-state index in [1.54, 1.807) is 25.6 Å². The van der Waals surface area contributed by atoms with Gasteiger partial charge in [0.2, 0.25) is 17.7 Å². The third-order valence-corrected chi connectivity index (χ3v) is 6.34. The van der Waals surface area contributed by atoms with E-state index in [0.29, 0.717) is 24.3 Å². The van der Waals surface area contributed by atoms with Crippen LogP contribution in [0.15, 0.2) is 12.5 Å². The van der Waals surface area contributed by atoms with Crippen molar-refractivity contribution in [1.29, 1.82) is 0 Å². The number of imidazole rings is 1. The number of carboxylic acid groups (broad SMARTS) is 1. The number of hydrogen-bond donors (Lipinski definition) is 6. The molecule has 34 heavy (non-hydrogen) atoms. The smallest absolute Gasteiger partial charge is 0.326 e. The van der Waals surface area contributed by atoms with Crippen LogP contribution in [0.4, 0.5) is 0 Å². The summed E-state index contributed by atoms with van der Waals surface area (Å²) in [6.07, 6.45) is 7.55. The van der Waals surface area contributed by atoms with Crippen LogP contribution < -0.4 is 21.7 Å². The van der Waals surface area contributed by atoms with Crippen molar-refractivity contribution < 1.29 is 24.3 Å². The van der Waals surface area contributed by atoms with Crippen molar-refractivity contribution in [2.45, 2.75) is 57.3 Å². The molecule has 1 heterocycles. The Kier molecular flexibility index (Phi) is 13.7. The highest BCUT2D eigenvalue weighted by Gasteiger charge is 2.32. The molecule has 0 saturated heterocycles. The quantitative estimate of drug-likeness (QED) is 0.176. The van der Waals surface area contributed by atoms with Crippen LogP contribution in [0, 0.1) is 5.92 Å². The summed E-state index contributed by atoms with van der Waals surface area (Å²) in [5, 5.41) is 17.4. The molecule has 0 aromatic carbocycles. The molecule has 3 amide bonds. The highest BCUT2D eigenvalue weighted by atomic mass is 32.2. The number of aromatic nitrogens is 2. The zero-order valence-electron chi connectivity index (χ0n) is 20.0. The van der Waals surface area contributed by atoms with Gasteiger partial charge in [-0.1, -0.05) is 13.8 Å². The van der Waals surface area contributed by atoms with Crippen molar-refractivity contribution in [2.75, 3.05) is 24.0 Å². The lowest BCUT2D eigenvalue weighted by molar-refractivity contribution is -0.142. The number of nitrogens with one attached hydrogen (secondary N) is 4. The van der Waals surface area contributed by atoms with E-state index >= 15 is 0 Å². The van der Waals surface area contributed by atoms with Crippen LogP contribution in [-0.4, -0.2) is 86.9 Å². The molecule has 4 unspecified atom stereocenters. The van der Waals surface area contributed by atoms with Crippen LogP contribution in [0.5, 0.6) is 0 Å². The zero-order chi connectivity index (χ0) is 25.7. The zero-order valence-corrected chi connectivity index (χ0v) is 21.6. The van der Waals surface area contributed by atoms with E-state index < -0.39 is 47.9 Å². The second-order valence-corrected chi connectivity index (χ2v) is 10.1. The standard InChI is InChI=1S/C21H36N6O5S2/c1-12(2)17(20(30)26-16(21(31)32)9-13-10-23-11-24-13)27-19(29)15(6-8-34-4)25-18(28)14(22)5-7-33-3/h10-12,14-17H,5-9,22H2,1-4H3,(H,23,24)(H,25,28)(H,26,30)(H,27,29)(H,31,32). The Morgan fingerprint density at radius 3 is 2.15 bits per heavy atom. The van der Waals surface area contributed by atoms with E-state index in [9.17, 15) is 24.3 Å². The van der Waals surface area contributed by atoms with E-state index in [1.165, 1.54) is 24.3 Å². The molecule has 0 aliphatic rings. The van der Waals surface area contributed by atoms with Gasteiger partial charge in [-0.15, -0.1) is 0 Å². The van der Waals surface area contributed by atoms with Crippen molar-refractivity contribution in [3.8, 4) is 0 Å². The number of rotatable bonds is 16. The predicted octanol–water partition coefficient (Wildman–Crippen LogP) is -0.0193. The first-order valence-electron chi connectivity index (χ1n) is 10.9. The van der Waals surface area contributed by atoms with Gasteiger partial charge in [0.1, 0.15) is 18.1 Å². The van der Waals surface area contributed by atoms with Gasteiger partial charge in [0.25, 0.3) is 0 Å². The molecule has 0 aliphatic heterocycles. The van der Waals surface area contributed by atoms with Gasteiger partial charge in [-0.05, 0) is 42.8 Å². The first-order valence-corrected chi connectivity index (χ1v) is 13.7. The third kappa shape index (κ3) is 10.3. The van der Waals surface area contributed by atoms with E-state index in [1.807, 2.05) is 12.5 Å². The molecule has 0 bridgehead atoms. The fraction of sp³-hybridized carbons (Fsp3) is 0.667. The number of amides is 3. The molecular weight excluding hydrogens is 480 g/mol. The number of thioether (sulfide) groups is 2. The molecule has 11 nitrogen and oxygen atoms in total. The molecule has 0 radical (unpaired) electrons. The largest absolute Gasteiger partial charge is 0.480 e. The molecule has 1 aromatic heterocycles. The maximum Gasteiger partial charge on any atom is 0.326 e. The lowest BCUT2D eigenvalue weighted by Crippen LogP contribution is -2.58. The van der Waals surface area contributed by atoms with Crippen LogP contribution in [0.2, 0.25) is 0 Å². The number of hydrogen-bond acceptors (Lipinski definition) is 8. The van der Waals surface area contributed by atoms with Crippen molar-refractivity contribution in [3.05, 3.63) is 18.2 Å². The van der Waals surface area contributed by atoms with Crippen LogP contribution in [-0.2, 0) is 25.6 Å². The SMILES string of the molecule is CSCCC(N)C(=O)NC(CCSC)C(=O)NC(C(=O)NC(Cc1cnc[nH]1)C(=O)O)C(C)C. The molecule has 0 aliphatic carbocycles. The summed E-state index contributed by atoms with van der Waals surface area (Å²) in [5.74, 6) is -1.77. The minimum Gasteiger partial charge on any atom is -0.480 e. The maximum absolute atomic E-state index is 13.0. The van der Waals surface area contributed by atoms with E-state index in [2.05, 4.69) is 25.9 Å². The summed E-state index contributed by atoms with van der Waals surface area (Å²) in [5.41, 5.74) is 6.48. The van der Waals surface area contributed by atoms with Gasteiger partial charge in [-0.2, -0.15) is 23.5 Å². The Hall–Kier alpha value is -2.25. The Morgan fingerprint density at radius 1 is 1.00 bits per heavy atom. The molecule has 13 heteroatoms. The van der Waals surface area contributed by atoms with Crippen molar-refractivity contribution in [2.24, 2.45) is 11.7 Å². The minimum atomic E-state index is -1.21. The van der Waals surface area contributed by atoms with Crippen LogP contribution in [0.25, 0.3) is 0 Å². The number of aromatic amines is 1. The highest BCUT2D eigenvalue weighted by Crippen LogP contribution is 2.08. The Bertz CT molecular complexity index is 793. The molecule has 7 N–H and O–H groups in total. The van der Waals surface area contributed by atoms with Gasteiger partial charge in [0.15, 0.2) is 0 Å². The maximum atomic E-state index is 13.0. The van der Waals surface area contributed by atoms with Crippen molar-refractivity contribution in [3.63, 3.8) is 0 Å². The van der Waals surface area contributed by atoms with E-state index in [0.717, 1.165) is 5.75 Å². The monoisotopic (exact) mass is 516 g/mol. The molecule has 192 valence electrons. The molecular formula is C21H36N6O5S2. The van der Waals surface area contributed by atoms with Gasteiger partial charge in [0.05, 0.1) is 12.4 Å². The fourth-order valence-corrected chi connectivity index (χ4v) is 3.99. The lowest BCUT2D eigenvalue weighted by atomic mass is 10.0.